The highest BCUT2D eigenvalue weighted by molar-refractivity contribution is 6.19. The predicted octanol–water partition coefficient (Wildman–Crippen LogP) is 16.1. The van der Waals surface area contributed by atoms with Crippen molar-refractivity contribution >= 4 is 43.6 Å². The molecule has 0 saturated carbocycles. The van der Waals surface area contributed by atoms with Gasteiger partial charge in [0.25, 0.3) is 0 Å². The highest BCUT2D eigenvalue weighted by atomic mass is 15.2. The van der Waals surface area contributed by atoms with Crippen molar-refractivity contribution in [2.45, 2.75) is 0 Å². The average molecular weight is 868 g/mol. The predicted molar refractivity (Wildman–Crippen MR) is 281 cm³/mol. The Morgan fingerprint density at radius 2 is 0.632 bits per heavy atom. The van der Waals surface area contributed by atoms with E-state index in [1.807, 2.05) is 12.1 Å². The summed E-state index contributed by atoms with van der Waals surface area (Å²) in [5, 5.41) is 4.53. The van der Waals surface area contributed by atoms with Crippen LogP contribution in [0.2, 0.25) is 0 Å². The van der Waals surface area contributed by atoms with E-state index >= 15 is 0 Å². The second kappa shape index (κ2) is 16.4. The quantitative estimate of drug-likeness (QED) is 0.153. The molecule has 0 bridgehead atoms. The number of para-hydroxylation sites is 2. The molecule has 318 valence electrons. The van der Waals surface area contributed by atoms with Crippen molar-refractivity contribution < 1.29 is 0 Å². The molecule has 10 aromatic carbocycles. The monoisotopic (exact) mass is 867 g/mol. The molecule has 0 spiro atoms. The normalized spacial score (nSPS) is 11.5. The molecular formula is C63H41N5. The molecule has 5 heteroatoms. The van der Waals surface area contributed by atoms with Gasteiger partial charge in [-0.25, -0.2) is 4.98 Å². The Morgan fingerprint density at radius 1 is 0.235 bits per heavy atom. The van der Waals surface area contributed by atoms with Crippen LogP contribution >= 0.6 is 0 Å². The van der Waals surface area contributed by atoms with Crippen LogP contribution in [-0.2, 0) is 0 Å². The fourth-order valence-electron chi connectivity index (χ4n) is 9.95. The van der Waals surface area contributed by atoms with Crippen LogP contribution < -0.4 is 0 Å². The number of rotatable bonds is 8. The number of hydrogen-bond acceptors (Lipinski definition) is 3. The lowest BCUT2D eigenvalue weighted by molar-refractivity contribution is 0.954. The van der Waals surface area contributed by atoms with Gasteiger partial charge in [0, 0.05) is 38.2 Å². The van der Waals surface area contributed by atoms with Crippen molar-refractivity contribution in [1.29, 1.82) is 0 Å². The number of nitrogens with zero attached hydrogens (tertiary/aromatic N) is 5. The van der Waals surface area contributed by atoms with Crippen LogP contribution in [0.25, 0.3) is 123 Å². The van der Waals surface area contributed by atoms with Gasteiger partial charge in [0.05, 0.1) is 27.8 Å². The lowest BCUT2D eigenvalue weighted by atomic mass is 9.98. The van der Waals surface area contributed by atoms with Gasteiger partial charge in [-0.15, -0.1) is 0 Å². The third-order valence-electron chi connectivity index (χ3n) is 13.2. The summed E-state index contributed by atoms with van der Waals surface area (Å²) in [7, 11) is 0. The summed E-state index contributed by atoms with van der Waals surface area (Å²) < 4.78 is 4.70. The fraction of sp³-hybridized carbons (Fsp3) is 0. The maximum Gasteiger partial charge on any atom is 0.238 e. The van der Waals surface area contributed by atoms with Gasteiger partial charge in [-0.3, -0.25) is 4.57 Å². The SMILES string of the molecule is c1ccc(-c2cccc(-c3nc(-c4cccc(-c5ccccc5)c4)nc(-n4c5ccccc5c5cc6c(cc54)c4ccccc4n6-c4cc(-c5ccccc5)ccc4-c4ccccc4)n3)c2)cc1. The van der Waals surface area contributed by atoms with Crippen LogP contribution in [0.4, 0.5) is 0 Å². The Labute approximate surface area is 393 Å². The van der Waals surface area contributed by atoms with Gasteiger partial charge in [-0.05, 0) is 81.4 Å². The third kappa shape index (κ3) is 6.76. The van der Waals surface area contributed by atoms with Crippen molar-refractivity contribution in [2.24, 2.45) is 0 Å². The number of hydrogen-bond donors (Lipinski definition) is 0. The minimum Gasteiger partial charge on any atom is -0.309 e. The van der Waals surface area contributed by atoms with E-state index in [-0.39, 0.29) is 0 Å². The highest BCUT2D eigenvalue weighted by Crippen LogP contribution is 2.42. The number of aromatic nitrogens is 5. The van der Waals surface area contributed by atoms with E-state index in [9.17, 15) is 0 Å². The van der Waals surface area contributed by atoms with E-state index in [1.54, 1.807) is 0 Å². The second-order valence-corrected chi connectivity index (χ2v) is 17.2. The molecule has 0 radical (unpaired) electrons. The van der Waals surface area contributed by atoms with Crippen molar-refractivity contribution in [3.05, 3.63) is 249 Å². The lowest BCUT2D eigenvalue weighted by Gasteiger charge is -2.16. The Balaban J connectivity index is 1.08. The summed E-state index contributed by atoms with van der Waals surface area (Å²) in [6.45, 7) is 0. The van der Waals surface area contributed by atoms with Crippen LogP contribution in [0.5, 0.6) is 0 Å². The number of fused-ring (bicyclic) bond motifs is 6. The molecule has 0 aliphatic carbocycles. The van der Waals surface area contributed by atoms with Gasteiger partial charge in [0.2, 0.25) is 5.95 Å². The van der Waals surface area contributed by atoms with Crippen molar-refractivity contribution in [3.8, 4) is 78.9 Å². The molecule has 0 atom stereocenters. The van der Waals surface area contributed by atoms with Crippen molar-refractivity contribution in [2.75, 3.05) is 0 Å². The zero-order chi connectivity index (χ0) is 45.0. The maximum atomic E-state index is 5.40. The Morgan fingerprint density at radius 3 is 1.15 bits per heavy atom. The molecule has 13 aromatic rings. The Hall–Kier alpha value is -9.19. The second-order valence-electron chi connectivity index (χ2n) is 17.2. The van der Waals surface area contributed by atoms with Crippen LogP contribution in [0.15, 0.2) is 249 Å². The van der Waals surface area contributed by atoms with Gasteiger partial charge in [0.15, 0.2) is 11.6 Å². The molecule has 3 aromatic heterocycles. The average Bonchev–Trinajstić information content (AvgIpc) is 3.92. The molecule has 68 heavy (non-hydrogen) atoms. The first-order chi connectivity index (χ1) is 33.7. The summed E-state index contributed by atoms with van der Waals surface area (Å²) in [5.41, 5.74) is 16.3. The van der Waals surface area contributed by atoms with Gasteiger partial charge in [-0.2, -0.15) is 9.97 Å². The molecule has 5 nitrogen and oxygen atoms in total. The summed E-state index contributed by atoms with van der Waals surface area (Å²) in [5.74, 6) is 1.75. The van der Waals surface area contributed by atoms with Crippen LogP contribution in [-0.4, -0.2) is 24.1 Å². The van der Waals surface area contributed by atoms with Gasteiger partial charge in [0.1, 0.15) is 0 Å². The van der Waals surface area contributed by atoms with Gasteiger partial charge >= 0.3 is 0 Å². The lowest BCUT2D eigenvalue weighted by Crippen LogP contribution is -2.06. The molecule has 0 unspecified atom stereocenters. The van der Waals surface area contributed by atoms with E-state index in [0.717, 1.165) is 99.4 Å². The van der Waals surface area contributed by atoms with E-state index in [1.165, 1.54) is 5.56 Å². The molecule has 0 fully saturated rings. The topological polar surface area (TPSA) is 48.5 Å². The van der Waals surface area contributed by atoms with Crippen molar-refractivity contribution in [3.63, 3.8) is 0 Å². The first-order valence-corrected chi connectivity index (χ1v) is 23.0. The Kier molecular flexibility index (Phi) is 9.43. The molecular weight excluding hydrogens is 827 g/mol. The summed E-state index contributed by atoms with van der Waals surface area (Å²) in [6.07, 6.45) is 0. The smallest absolute Gasteiger partial charge is 0.238 e. The minimum absolute atomic E-state index is 0.552. The van der Waals surface area contributed by atoms with E-state index in [2.05, 4.69) is 246 Å². The van der Waals surface area contributed by atoms with Crippen LogP contribution in [0.3, 0.4) is 0 Å². The largest absolute Gasteiger partial charge is 0.309 e. The highest BCUT2D eigenvalue weighted by Gasteiger charge is 2.23. The van der Waals surface area contributed by atoms with E-state index in [4.69, 9.17) is 15.0 Å². The number of benzene rings is 10. The third-order valence-corrected chi connectivity index (χ3v) is 13.2. The molecule has 0 N–H and O–H groups in total. The fourth-order valence-corrected chi connectivity index (χ4v) is 9.95. The molecule has 3 heterocycles. The minimum atomic E-state index is 0.552. The van der Waals surface area contributed by atoms with E-state index in [0.29, 0.717) is 17.6 Å². The standard InChI is InChI=1S/C63H41N5/c1-5-19-42(20-6-1)46-27-17-29-49(37-46)61-64-62(50-30-18-28-47(38-50)43-21-7-2-8-22-43)66-63(65-61)68-57-34-16-14-32-53(57)55-40-59-54(41-60(55)68)52-31-13-15-33-56(52)67(59)58-39-48(44-23-9-3-10-24-44)35-36-51(58)45-25-11-4-12-26-45/h1-41H. The Bertz CT molecular complexity index is 3900. The summed E-state index contributed by atoms with van der Waals surface area (Å²) >= 11 is 0. The maximum absolute atomic E-state index is 5.40. The zero-order valence-corrected chi connectivity index (χ0v) is 36.9. The molecule has 0 aliphatic heterocycles. The van der Waals surface area contributed by atoms with Crippen LogP contribution in [0.1, 0.15) is 0 Å². The van der Waals surface area contributed by atoms with E-state index < -0.39 is 0 Å². The van der Waals surface area contributed by atoms with Gasteiger partial charge in [-0.1, -0.05) is 206 Å². The van der Waals surface area contributed by atoms with Gasteiger partial charge < -0.3 is 4.57 Å². The molecule has 0 amide bonds. The zero-order valence-electron chi connectivity index (χ0n) is 36.9. The first-order valence-electron chi connectivity index (χ1n) is 23.0. The summed E-state index contributed by atoms with van der Waals surface area (Å²) in [4.78, 5) is 16.1. The van der Waals surface area contributed by atoms with Crippen LogP contribution in [0, 0.1) is 0 Å². The first kappa shape index (κ1) is 39.2. The molecule has 13 rings (SSSR count). The molecule has 0 aliphatic rings. The molecule has 0 saturated heterocycles. The van der Waals surface area contributed by atoms with Crippen molar-refractivity contribution in [1.82, 2.24) is 24.1 Å². The summed E-state index contributed by atoms with van der Waals surface area (Å²) in [6, 6.07) is 88.3.